The third kappa shape index (κ3) is 2.67. The highest BCUT2D eigenvalue weighted by atomic mass is 79.9. The zero-order valence-electron chi connectivity index (χ0n) is 8.14. The molecule has 1 aliphatic heterocycles. The van der Waals surface area contributed by atoms with Crippen LogP contribution in [-0.2, 0) is 0 Å². The first kappa shape index (κ1) is 9.94. The minimum atomic E-state index is 0.439. The van der Waals surface area contributed by atoms with Crippen LogP contribution in [0, 0.1) is 5.92 Å². The lowest BCUT2D eigenvalue weighted by molar-refractivity contribution is 0.222. The summed E-state index contributed by atoms with van der Waals surface area (Å²) in [7, 11) is 0. The molecule has 2 fully saturated rings. The van der Waals surface area contributed by atoms with Crippen LogP contribution in [0.5, 0.6) is 0 Å². The van der Waals surface area contributed by atoms with E-state index in [2.05, 4.69) is 26.1 Å². The van der Waals surface area contributed by atoms with Gasteiger partial charge in [-0.15, -0.1) is 0 Å². The highest BCUT2D eigenvalue weighted by Crippen LogP contribution is 2.25. The molecule has 1 saturated heterocycles. The van der Waals surface area contributed by atoms with Crippen molar-refractivity contribution in [3.8, 4) is 0 Å². The van der Waals surface area contributed by atoms with Gasteiger partial charge in [-0.2, -0.15) is 0 Å². The SMILES string of the molecule is BrC1NCCN1CC1CCCCC1. The van der Waals surface area contributed by atoms with E-state index in [9.17, 15) is 0 Å². The van der Waals surface area contributed by atoms with Crippen molar-refractivity contribution in [3.63, 3.8) is 0 Å². The first-order valence-corrected chi connectivity index (χ1v) is 6.39. The molecule has 2 aliphatic rings. The maximum atomic E-state index is 3.65. The summed E-state index contributed by atoms with van der Waals surface area (Å²) in [6.07, 6.45) is 7.29. The Morgan fingerprint density at radius 2 is 2.00 bits per heavy atom. The molecule has 0 aromatic carbocycles. The van der Waals surface area contributed by atoms with Crippen LogP contribution >= 0.6 is 15.9 Å². The highest BCUT2D eigenvalue weighted by molar-refractivity contribution is 9.09. The van der Waals surface area contributed by atoms with Gasteiger partial charge < -0.3 is 0 Å². The summed E-state index contributed by atoms with van der Waals surface area (Å²) < 4.78 is 0. The quantitative estimate of drug-likeness (QED) is 0.594. The summed E-state index contributed by atoms with van der Waals surface area (Å²) >= 11 is 3.65. The molecule has 0 radical (unpaired) electrons. The topological polar surface area (TPSA) is 15.3 Å². The van der Waals surface area contributed by atoms with Gasteiger partial charge in [-0.1, -0.05) is 35.2 Å². The molecule has 0 spiro atoms. The Kier molecular flexibility index (Phi) is 3.64. The van der Waals surface area contributed by atoms with Gasteiger partial charge in [0.25, 0.3) is 0 Å². The number of nitrogens with zero attached hydrogens (tertiary/aromatic N) is 1. The highest BCUT2D eigenvalue weighted by Gasteiger charge is 2.24. The molecule has 3 heteroatoms. The lowest BCUT2D eigenvalue weighted by atomic mass is 9.89. The average molecular weight is 247 g/mol. The third-order valence-corrected chi connectivity index (χ3v) is 4.15. The Morgan fingerprint density at radius 1 is 1.23 bits per heavy atom. The summed E-state index contributed by atoms with van der Waals surface area (Å²) in [5.74, 6) is 0.966. The van der Waals surface area contributed by atoms with Gasteiger partial charge in [0.15, 0.2) is 0 Å². The normalized spacial score (nSPS) is 32.5. The lowest BCUT2D eigenvalue weighted by Crippen LogP contribution is -2.34. The van der Waals surface area contributed by atoms with E-state index in [0.717, 1.165) is 12.5 Å². The summed E-state index contributed by atoms with van der Waals surface area (Å²) in [4.78, 5) is 2.52. The van der Waals surface area contributed by atoms with Gasteiger partial charge in [0.2, 0.25) is 0 Å². The lowest BCUT2D eigenvalue weighted by Gasteiger charge is -2.28. The minimum Gasteiger partial charge on any atom is -0.291 e. The van der Waals surface area contributed by atoms with Crippen molar-refractivity contribution in [2.24, 2.45) is 5.92 Å². The van der Waals surface area contributed by atoms with Crippen LogP contribution in [0.4, 0.5) is 0 Å². The maximum Gasteiger partial charge on any atom is 0.117 e. The van der Waals surface area contributed by atoms with Crippen molar-refractivity contribution in [2.75, 3.05) is 19.6 Å². The Bertz CT molecular complexity index is 157. The van der Waals surface area contributed by atoms with E-state index in [4.69, 9.17) is 0 Å². The van der Waals surface area contributed by atoms with Gasteiger partial charge >= 0.3 is 0 Å². The summed E-state index contributed by atoms with van der Waals surface area (Å²) in [5, 5.41) is 3.84. The minimum absolute atomic E-state index is 0.439. The molecule has 0 amide bonds. The van der Waals surface area contributed by atoms with E-state index >= 15 is 0 Å². The molecule has 13 heavy (non-hydrogen) atoms. The first-order valence-electron chi connectivity index (χ1n) is 5.48. The molecule has 2 nitrogen and oxygen atoms in total. The molecule has 1 atom stereocenters. The van der Waals surface area contributed by atoms with Crippen LogP contribution in [0.15, 0.2) is 0 Å². The van der Waals surface area contributed by atoms with Gasteiger partial charge in [0, 0.05) is 19.6 Å². The fraction of sp³-hybridized carbons (Fsp3) is 1.00. The molecule has 0 bridgehead atoms. The van der Waals surface area contributed by atoms with Gasteiger partial charge in [-0.25, -0.2) is 0 Å². The number of hydrogen-bond acceptors (Lipinski definition) is 2. The predicted octanol–water partition coefficient (Wildman–Crippen LogP) is 2.15. The monoisotopic (exact) mass is 246 g/mol. The second kappa shape index (κ2) is 4.76. The summed E-state index contributed by atoms with van der Waals surface area (Å²) in [6, 6.07) is 0. The Hall–Kier alpha value is 0.400. The smallest absolute Gasteiger partial charge is 0.117 e. The Balaban J connectivity index is 1.75. The molecule has 0 aromatic rings. The standard InChI is InChI=1S/C10H19BrN2/c11-10-12-6-7-13(10)8-9-4-2-1-3-5-9/h9-10,12H,1-8H2. The number of rotatable bonds is 2. The molecule has 1 aliphatic carbocycles. The average Bonchev–Trinajstić information content (AvgIpc) is 2.54. The Labute approximate surface area is 89.2 Å². The van der Waals surface area contributed by atoms with Gasteiger partial charge in [0.05, 0.1) is 0 Å². The van der Waals surface area contributed by atoms with Crippen LogP contribution in [0.3, 0.4) is 0 Å². The predicted molar refractivity (Wildman–Crippen MR) is 58.9 cm³/mol. The van der Waals surface area contributed by atoms with Crippen LogP contribution in [0.2, 0.25) is 0 Å². The number of halogens is 1. The van der Waals surface area contributed by atoms with Crippen molar-refractivity contribution >= 4 is 15.9 Å². The van der Waals surface area contributed by atoms with E-state index in [1.807, 2.05) is 0 Å². The van der Waals surface area contributed by atoms with Crippen LogP contribution in [-0.4, -0.2) is 29.6 Å². The van der Waals surface area contributed by atoms with E-state index in [1.165, 1.54) is 45.2 Å². The fourth-order valence-electron chi connectivity index (χ4n) is 2.45. The fourth-order valence-corrected chi connectivity index (χ4v) is 3.06. The molecule has 1 saturated carbocycles. The zero-order valence-corrected chi connectivity index (χ0v) is 9.72. The number of hydrogen-bond donors (Lipinski definition) is 1. The molecular formula is C10H19BrN2. The van der Waals surface area contributed by atoms with Crippen molar-refractivity contribution in [1.82, 2.24) is 10.2 Å². The van der Waals surface area contributed by atoms with Crippen molar-refractivity contribution < 1.29 is 0 Å². The van der Waals surface area contributed by atoms with Crippen molar-refractivity contribution in [3.05, 3.63) is 0 Å². The van der Waals surface area contributed by atoms with Crippen molar-refractivity contribution in [2.45, 2.75) is 37.2 Å². The third-order valence-electron chi connectivity index (χ3n) is 3.25. The van der Waals surface area contributed by atoms with E-state index in [-0.39, 0.29) is 0 Å². The van der Waals surface area contributed by atoms with Gasteiger partial charge in [-0.05, 0) is 18.8 Å². The number of nitrogens with one attached hydrogen (secondary N) is 1. The molecule has 76 valence electrons. The molecule has 2 rings (SSSR count). The summed E-state index contributed by atoms with van der Waals surface area (Å²) in [5.41, 5.74) is 0. The van der Waals surface area contributed by atoms with Gasteiger partial charge in [0.1, 0.15) is 5.08 Å². The van der Waals surface area contributed by atoms with Crippen LogP contribution in [0.25, 0.3) is 0 Å². The van der Waals surface area contributed by atoms with E-state index < -0.39 is 0 Å². The second-order valence-corrected chi connectivity index (χ2v) is 5.16. The van der Waals surface area contributed by atoms with E-state index in [0.29, 0.717) is 5.08 Å². The largest absolute Gasteiger partial charge is 0.291 e. The van der Waals surface area contributed by atoms with E-state index in [1.54, 1.807) is 0 Å². The molecule has 1 unspecified atom stereocenters. The first-order chi connectivity index (χ1) is 6.36. The number of alkyl halides is 1. The Morgan fingerprint density at radius 3 is 2.62 bits per heavy atom. The van der Waals surface area contributed by atoms with Crippen LogP contribution in [0.1, 0.15) is 32.1 Å². The molecule has 1 N–H and O–H groups in total. The second-order valence-electron chi connectivity index (χ2n) is 4.29. The van der Waals surface area contributed by atoms with Crippen LogP contribution < -0.4 is 5.32 Å². The zero-order chi connectivity index (χ0) is 9.10. The molecular weight excluding hydrogens is 228 g/mol. The van der Waals surface area contributed by atoms with Gasteiger partial charge in [-0.3, -0.25) is 10.2 Å². The molecule has 1 heterocycles. The maximum absolute atomic E-state index is 3.65. The van der Waals surface area contributed by atoms with Crippen molar-refractivity contribution in [1.29, 1.82) is 0 Å². The summed E-state index contributed by atoms with van der Waals surface area (Å²) in [6.45, 7) is 3.65. The molecule has 0 aromatic heterocycles.